The molecule has 0 aliphatic carbocycles. The highest BCUT2D eigenvalue weighted by Crippen LogP contribution is 2.46. The average molecular weight is 513 g/mol. The number of halogens is 4. The highest BCUT2D eigenvalue weighted by atomic mass is 35.5. The topological polar surface area (TPSA) is 44.5 Å². The first-order chi connectivity index (χ1) is 15.9. The lowest BCUT2D eigenvalue weighted by atomic mass is 9.97. The Bertz CT molecular complexity index is 1000. The Morgan fingerprint density at radius 3 is 2.41 bits per heavy atom. The number of benzene rings is 2. The summed E-state index contributed by atoms with van der Waals surface area (Å²) in [5.41, 5.74) is 9.16. The highest BCUT2D eigenvalue weighted by molar-refractivity contribution is 7.99. The molecule has 3 heterocycles. The predicted octanol–water partition coefficient (Wildman–Crippen LogP) is 5.62. The van der Waals surface area contributed by atoms with Crippen molar-refractivity contribution < 1.29 is 13.2 Å². The van der Waals surface area contributed by atoms with Crippen LogP contribution in [0.3, 0.4) is 0 Å². The molecule has 0 saturated carbocycles. The van der Waals surface area contributed by atoms with Crippen molar-refractivity contribution in [3.05, 3.63) is 47.0 Å². The number of nitrogens with one attached hydrogen (secondary N) is 1. The van der Waals surface area contributed by atoms with Gasteiger partial charge in [-0.3, -0.25) is 0 Å². The first-order valence-electron chi connectivity index (χ1n) is 11.9. The average Bonchev–Trinajstić information content (AvgIpc) is 3.33. The molecule has 0 spiro atoms. The van der Waals surface area contributed by atoms with E-state index in [-0.39, 0.29) is 18.4 Å². The number of likely N-dealkylation sites (tertiary alicyclic amines) is 1. The highest BCUT2D eigenvalue weighted by Gasteiger charge is 2.34. The minimum atomic E-state index is -4.36. The minimum Gasteiger partial charge on any atom is -0.382 e. The van der Waals surface area contributed by atoms with Gasteiger partial charge in [0.15, 0.2) is 0 Å². The molecular formula is C25H32ClF3N4S. The SMILES string of the molecule is Cl.NCCN1CCC(Nc2cc(C(F)(F)F)cc3c2Cc2cc(N4CCCC4)ccc2S3)CC1. The molecule has 2 saturated heterocycles. The van der Waals surface area contributed by atoms with Crippen molar-refractivity contribution in [2.24, 2.45) is 5.73 Å². The fraction of sp³-hybridized carbons (Fsp3) is 0.520. The third-order valence-corrected chi connectivity index (χ3v) is 8.23. The summed E-state index contributed by atoms with van der Waals surface area (Å²) in [6, 6.07) is 9.26. The van der Waals surface area contributed by atoms with Crippen LogP contribution in [0.15, 0.2) is 40.1 Å². The van der Waals surface area contributed by atoms with Gasteiger partial charge in [-0.1, -0.05) is 11.8 Å². The summed E-state index contributed by atoms with van der Waals surface area (Å²) in [5, 5.41) is 3.50. The number of hydrogen-bond donors (Lipinski definition) is 2. The minimum absolute atomic E-state index is 0. The fourth-order valence-electron chi connectivity index (χ4n) is 5.20. The molecule has 2 fully saturated rings. The van der Waals surface area contributed by atoms with Crippen LogP contribution < -0.4 is 16.0 Å². The third-order valence-electron chi connectivity index (χ3n) is 7.03. The molecule has 4 nitrogen and oxygen atoms in total. The Morgan fingerprint density at radius 1 is 1.00 bits per heavy atom. The van der Waals surface area contributed by atoms with Crippen LogP contribution in [0, 0.1) is 0 Å². The third kappa shape index (κ3) is 5.45. The standard InChI is InChI=1S/C25H31F3N4S.ClH/c26-25(27,28)18-15-22(30-19-5-10-31(11-6-19)12-7-29)21-14-17-13-20(32-8-1-2-9-32)3-4-23(17)33-24(21)16-18;/h3-4,13,15-16,19,30H,1-2,5-12,14,29H2;1H. The molecule has 2 aromatic carbocycles. The van der Waals surface area contributed by atoms with Gasteiger partial charge in [-0.2, -0.15) is 13.2 Å². The lowest BCUT2D eigenvalue weighted by molar-refractivity contribution is -0.137. The molecule has 3 aliphatic rings. The van der Waals surface area contributed by atoms with Crippen molar-refractivity contribution in [3.63, 3.8) is 0 Å². The smallest absolute Gasteiger partial charge is 0.382 e. The van der Waals surface area contributed by atoms with Crippen LogP contribution in [-0.2, 0) is 12.6 Å². The van der Waals surface area contributed by atoms with E-state index in [4.69, 9.17) is 5.73 Å². The van der Waals surface area contributed by atoms with Gasteiger partial charge in [-0.15, -0.1) is 12.4 Å². The van der Waals surface area contributed by atoms with E-state index in [1.807, 2.05) is 0 Å². The summed E-state index contributed by atoms with van der Waals surface area (Å²) in [4.78, 5) is 6.51. The second-order valence-electron chi connectivity index (χ2n) is 9.31. The van der Waals surface area contributed by atoms with E-state index in [2.05, 4.69) is 33.3 Å². The summed E-state index contributed by atoms with van der Waals surface area (Å²) in [7, 11) is 0. The van der Waals surface area contributed by atoms with E-state index in [0.717, 1.165) is 56.0 Å². The molecule has 3 N–H and O–H groups in total. The molecule has 0 radical (unpaired) electrons. The maximum atomic E-state index is 13.7. The van der Waals surface area contributed by atoms with Crippen LogP contribution in [0.1, 0.15) is 42.4 Å². The number of alkyl halides is 3. The van der Waals surface area contributed by atoms with Crippen molar-refractivity contribution in [2.45, 2.75) is 54.1 Å². The maximum Gasteiger partial charge on any atom is 0.416 e. The van der Waals surface area contributed by atoms with Gasteiger partial charge in [-0.05, 0) is 67.1 Å². The van der Waals surface area contributed by atoms with Gasteiger partial charge in [0.05, 0.1) is 5.56 Å². The maximum absolute atomic E-state index is 13.7. The Morgan fingerprint density at radius 2 is 1.74 bits per heavy atom. The van der Waals surface area contributed by atoms with E-state index in [1.54, 1.807) is 0 Å². The van der Waals surface area contributed by atoms with Gasteiger partial charge >= 0.3 is 6.18 Å². The van der Waals surface area contributed by atoms with Crippen LogP contribution >= 0.6 is 24.2 Å². The van der Waals surface area contributed by atoms with Crippen molar-refractivity contribution >= 4 is 35.5 Å². The second-order valence-corrected chi connectivity index (χ2v) is 10.4. The Labute approximate surface area is 209 Å². The lowest BCUT2D eigenvalue weighted by Gasteiger charge is -2.34. The number of hydrogen-bond acceptors (Lipinski definition) is 5. The molecule has 0 aromatic heterocycles. The Hall–Kier alpha value is -1.61. The number of anilines is 2. The first kappa shape index (κ1) is 25.5. The van der Waals surface area contributed by atoms with E-state index < -0.39 is 11.7 Å². The monoisotopic (exact) mass is 512 g/mol. The van der Waals surface area contributed by atoms with Crippen LogP contribution in [0.4, 0.5) is 24.5 Å². The van der Waals surface area contributed by atoms with E-state index in [9.17, 15) is 13.2 Å². The number of piperidine rings is 1. The predicted molar refractivity (Wildman–Crippen MR) is 136 cm³/mol. The van der Waals surface area contributed by atoms with Gasteiger partial charge in [-0.25, -0.2) is 0 Å². The van der Waals surface area contributed by atoms with Gasteiger partial charge in [0, 0.05) is 72.9 Å². The summed E-state index contributed by atoms with van der Waals surface area (Å²) in [5.74, 6) is 0. The number of nitrogens with two attached hydrogens (primary N) is 1. The zero-order valence-electron chi connectivity index (χ0n) is 19.2. The van der Waals surface area contributed by atoms with Crippen LogP contribution in [0.5, 0.6) is 0 Å². The van der Waals surface area contributed by atoms with Crippen LogP contribution in [0.25, 0.3) is 0 Å². The molecular weight excluding hydrogens is 481 g/mol. The normalized spacial score (nSPS) is 18.9. The Kier molecular flexibility index (Phi) is 7.92. The molecule has 5 rings (SSSR count). The van der Waals surface area contributed by atoms with E-state index in [1.165, 1.54) is 48.0 Å². The number of fused-ring (bicyclic) bond motifs is 2. The fourth-order valence-corrected chi connectivity index (χ4v) is 6.33. The van der Waals surface area contributed by atoms with Crippen molar-refractivity contribution in [1.29, 1.82) is 0 Å². The van der Waals surface area contributed by atoms with Crippen LogP contribution in [0.2, 0.25) is 0 Å². The van der Waals surface area contributed by atoms with Gasteiger partial charge in [0.25, 0.3) is 0 Å². The van der Waals surface area contributed by atoms with Crippen molar-refractivity contribution in [1.82, 2.24) is 4.90 Å². The quantitative estimate of drug-likeness (QED) is 0.464. The Balaban J connectivity index is 0.00000274. The lowest BCUT2D eigenvalue weighted by Crippen LogP contribution is -2.41. The molecule has 0 bridgehead atoms. The molecule has 0 amide bonds. The zero-order valence-corrected chi connectivity index (χ0v) is 20.8. The van der Waals surface area contributed by atoms with Gasteiger partial charge < -0.3 is 20.9 Å². The largest absolute Gasteiger partial charge is 0.416 e. The molecule has 0 unspecified atom stereocenters. The molecule has 2 aromatic rings. The van der Waals surface area contributed by atoms with Crippen LogP contribution in [-0.4, -0.2) is 50.2 Å². The van der Waals surface area contributed by atoms with E-state index in [0.29, 0.717) is 23.5 Å². The molecule has 34 heavy (non-hydrogen) atoms. The summed E-state index contributed by atoms with van der Waals surface area (Å²) in [6.07, 6.45) is 0.546. The van der Waals surface area contributed by atoms with Crippen molar-refractivity contribution in [3.8, 4) is 0 Å². The zero-order chi connectivity index (χ0) is 23.0. The molecule has 3 aliphatic heterocycles. The summed E-state index contributed by atoms with van der Waals surface area (Å²) < 4.78 is 41.1. The van der Waals surface area contributed by atoms with Gasteiger partial charge in [0.2, 0.25) is 0 Å². The van der Waals surface area contributed by atoms with Crippen molar-refractivity contribution in [2.75, 3.05) is 49.5 Å². The number of nitrogens with zero attached hydrogens (tertiary/aromatic N) is 2. The first-order valence-corrected chi connectivity index (χ1v) is 12.7. The van der Waals surface area contributed by atoms with Gasteiger partial charge in [0.1, 0.15) is 0 Å². The summed E-state index contributed by atoms with van der Waals surface area (Å²) >= 11 is 1.47. The molecule has 0 atom stereocenters. The summed E-state index contributed by atoms with van der Waals surface area (Å²) in [6.45, 7) is 5.51. The second kappa shape index (κ2) is 10.6. The van der Waals surface area contributed by atoms with E-state index >= 15 is 0 Å². The number of rotatable bonds is 5. The molecule has 9 heteroatoms. The molecule has 186 valence electrons.